The molecule has 0 saturated carbocycles. The average molecular weight is 1940 g/mol. The van der Waals surface area contributed by atoms with Crippen LogP contribution in [0.4, 0.5) is 0 Å². The third kappa shape index (κ3) is 20.6. The fourth-order valence-electron chi connectivity index (χ4n) is 19.8. The molecule has 2 atom stereocenters. The highest BCUT2D eigenvalue weighted by Crippen LogP contribution is 2.46. The number of rotatable bonds is 17. The lowest BCUT2D eigenvalue weighted by Gasteiger charge is -2.19. The van der Waals surface area contributed by atoms with Crippen LogP contribution in [0.15, 0.2) is 205 Å². The van der Waals surface area contributed by atoms with Gasteiger partial charge in [-0.3, -0.25) is 0 Å². The van der Waals surface area contributed by atoms with Crippen LogP contribution in [0.5, 0.6) is 0 Å². The van der Waals surface area contributed by atoms with Gasteiger partial charge in [-0.2, -0.15) is 4.57 Å². The molecule has 0 amide bonds. The molecule has 16 heterocycles. The van der Waals surface area contributed by atoms with Crippen molar-refractivity contribution in [2.75, 3.05) is 0 Å². The van der Waals surface area contributed by atoms with Crippen molar-refractivity contribution in [3.63, 3.8) is 0 Å². The standard InChI is InChI=1S/C26H29N2O.3C26H31N2O.C25H29N2O/c1-15(2)21-10-9-20-19-8-7-17-14-28-13-16(3)18(12-26(4,5)6)11-22(28)23(17)24(19)29-25(20)27-21;2*1-15(2)12-19-13-23(28(7)14-18(19)6)24-17(5)8-9-20-21-10-11-22(16(3)4)27-26(21)29-25(20)24;1-8-19-10-12-21-20-11-9-16(2)23(24(20)29-25(21)27-19)22-13-18(14-26(4,5)6)17(3)15-28(22)7;1-7-19-9-11-21-20-10-8-16(4)23(24(20)28-25(21)26-19)22-13-18(12-15(2)3)17(5)14-27(22)6/h7-11,13,15H,12,14H2,1-6H3;2*8-11,13-16H,12H2,1-7H3;9-13,15H,8,14H2,1-7H3;8-11,13-15H,7,12H2,1-6H3/q5*+1/i;1D3,6D3,12D2,15D;6D3,12D2;;2D3,5D3,12D2,15D. The van der Waals surface area contributed by atoms with Crippen molar-refractivity contribution in [2.45, 2.75) is 270 Å². The summed E-state index contributed by atoms with van der Waals surface area (Å²) in [6, 6.07) is 49.9. The van der Waals surface area contributed by atoms with Crippen LogP contribution in [0.1, 0.15) is 300 Å². The lowest BCUT2D eigenvalue weighted by molar-refractivity contribution is -0.672. The molecule has 0 radical (unpaired) electrons. The predicted molar refractivity (Wildman–Crippen MR) is 594 cm³/mol. The predicted octanol–water partition coefficient (Wildman–Crippen LogP) is 31.2. The van der Waals surface area contributed by atoms with Crippen LogP contribution in [0.3, 0.4) is 0 Å². The molecule has 15 nitrogen and oxygen atoms in total. The summed E-state index contributed by atoms with van der Waals surface area (Å²) in [6.07, 6.45) is 4.92. The molecule has 0 bridgehead atoms. The smallest absolute Gasteiger partial charge is 0.227 e. The first kappa shape index (κ1) is 76.3. The molecule has 0 aliphatic carbocycles. The monoisotopic (exact) mass is 1940 g/mol. The summed E-state index contributed by atoms with van der Waals surface area (Å²) in [7, 11) is 7.19. The molecule has 2 unspecified atom stereocenters. The molecule has 20 aromatic rings. The third-order valence-corrected chi connectivity index (χ3v) is 27.2. The minimum atomic E-state index is -3.02. The van der Waals surface area contributed by atoms with Gasteiger partial charge in [0, 0.05) is 178 Å². The molecule has 15 aromatic heterocycles. The molecule has 15 heteroatoms. The Morgan fingerprint density at radius 2 is 0.597 bits per heavy atom. The van der Waals surface area contributed by atoms with Crippen molar-refractivity contribution < 1.29 is 76.4 Å². The zero-order valence-electron chi connectivity index (χ0n) is 112. The van der Waals surface area contributed by atoms with Crippen molar-refractivity contribution in [1.82, 2.24) is 24.9 Å². The Morgan fingerprint density at radius 3 is 0.903 bits per heavy atom. The Labute approximate surface area is 884 Å². The maximum absolute atomic E-state index is 8.77. The summed E-state index contributed by atoms with van der Waals surface area (Å²) in [4.78, 5) is 23.5. The minimum Gasteiger partial charge on any atom is -0.437 e. The Balaban J connectivity index is 0.000000140. The maximum Gasteiger partial charge on any atom is 0.227 e. The molecule has 742 valence electrons. The second kappa shape index (κ2) is 40.7. The number of fused-ring (bicyclic) bond motifs is 19. The Kier molecular flexibility index (Phi) is 21.5. The van der Waals surface area contributed by atoms with E-state index in [9.17, 15) is 0 Å². The van der Waals surface area contributed by atoms with E-state index in [1.54, 1.807) is 54.8 Å². The van der Waals surface area contributed by atoms with Crippen LogP contribution < -0.4 is 22.8 Å². The first-order chi connectivity index (χ1) is 77.3. The van der Waals surface area contributed by atoms with E-state index in [1.165, 1.54) is 81.1 Å². The summed E-state index contributed by atoms with van der Waals surface area (Å²) in [6.45, 7) is 35.2. The molecule has 5 aromatic carbocycles. The van der Waals surface area contributed by atoms with E-state index in [0.717, 1.165) is 179 Å². The number of pyridine rings is 10. The first-order valence-electron chi connectivity index (χ1n) is 61.6. The molecule has 0 N–H and O–H groups in total. The van der Waals surface area contributed by atoms with Crippen molar-refractivity contribution in [1.29, 1.82) is 0 Å². The van der Waals surface area contributed by atoms with E-state index in [4.69, 9.17) is 68.6 Å². The Morgan fingerprint density at radius 1 is 0.319 bits per heavy atom. The highest BCUT2D eigenvalue weighted by molar-refractivity contribution is 6.13. The number of aromatic nitrogens is 10. The molecule has 0 fully saturated rings. The van der Waals surface area contributed by atoms with Gasteiger partial charge in [0.25, 0.3) is 0 Å². The molecular formula is C129H151N10O5+5. The largest absolute Gasteiger partial charge is 0.437 e. The van der Waals surface area contributed by atoms with Crippen LogP contribution in [0.25, 0.3) is 167 Å². The first-order valence-corrected chi connectivity index (χ1v) is 50.1. The molecule has 21 rings (SSSR count). The van der Waals surface area contributed by atoms with E-state index in [1.807, 2.05) is 114 Å². The summed E-state index contributed by atoms with van der Waals surface area (Å²) >= 11 is 0. The van der Waals surface area contributed by atoms with Gasteiger partial charge >= 0.3 is 0 Å². The van der Waals surface area contributed by atoms with E-state index in [2.05, 4.69) is 196 Å². The molecule has 0 spiro atoms. The van der Waals surface area contributed by atoms with Gasteiger partial charge in [0.1, 0.15) is 28.2 Å². The summed E-state index contributed by atoms with van der Waals surface area (Å²) in [5.41, 5.74) is 29.6. The van der Waals surface area contributed by atoms with Gasteiger partial charge in [-0.15, -0.1) is 0 Å². The van der Waals surface area contributed by atoms with Crippen LogP contribution >= 0.6 is 0 Å². The van der Waals surface area contributed by atoms with Crippen LogP contribution in [0.2, 0.25) is 0 Å². The van der Waals surface area contributed by atoms with Gasteiger partial charge in [-0.1, -0.05) is 193 Å². The van der Waals surface area contributed by atoms with Crippen molar-refractivity contribution in [2.24, 2.45) is 56.7 Å². The van der Waals surface area contributed by atoms with Crippen molar-refractivity contribution >= 4 is 110 Å². The number of benzene rings is 5. The van der Waals surface area contributed by atoms with Gasteiger partial charge in [0.15, 0.2) is 65.4 Å². The number of aryl methyl sites for hydroxylation is 15. The minimum absolute atomic E-state index is 0.0233. The third-order valence-electron chi connectivity index (χ3n) is 27.2. The quantitative estimate of drug-likeness (QED) is 0.0806. The second-order valence-electron chi connectivity index (χ2n) is 42.8. The number of hydrogen-bond donors (Lipinski definition) is 0. The number of furan rings is 5. The zero-order valence-corrected chi connectivity index (χ0v) is 88.7. The lowest BCUT2D eigenvalue weighted by atomic mass is 9.86. The summed E-state index contributed by atoms with van der Waals surface area (Å²) in [5, 5.41) is 9.53. The summed E-state index contributed by atoms with van der Waals surface area (Å²) < 4.78 is 230. The Bertz CT molecular complexity index is 9470. The van der Waals surface area contributed by atoms with Crippen molar-refractivity contribution in [3.05, 3.63) is 295 Å². The fraction of sp³-hybridized carbons (Fsp3) is 0.380. The molecule has 144 heavy (non-hydrogen) atoms. The van der Waals surface area contributed by atoms with Crippen LogP contribution in [-0.4, -0.2) is 24.9 Å². The second-order valence-corrected chi connectivity index (χ2v) is 42.8. The highest BCUT2D eigenvalue weighted by Gasteiger charge is 2.35. The van der Waals surface area contributed by atoms with Gasteiger partial charge in [-0.05, 0) is 270 Å². The van der Waals surface area contributed by atoms with Crippen LogP contribution in [0, 0.1) is 90.6 Å². The molecule has 1 aliphatic heterocycles. The van der Waals surface area contributed by atoms with Gasteiger partial charge < -0.3 is 22.1 Å². The fourth-order valence-corrected chi connectivity index (χ4v) is 19.8. The summed E-state index contributed by atoms with van der Waals surface area (Å²) in [5.74, 6) is -4.81. The average Bonchev–Trinajstić information content (AvgIpc) is 1.67. The van der Waals surface area contributed by atoms with E-state index in [-0.39, 0.29) is 56.0 Å². The highest BCUT2D eigenvalue weighted by atomic mass is 16.4. The molecule has 1 aliphatic rings. The maximum atomic E-state index is 8.77. The van der Waals surface area contributed by atoms with E-state index in [0.29, 0.717) is 68.0 Å². The zero-order chi connectivity index (χ0) is 123. The topological polar surface area (TPSA) is 150 Å². The lowest BCUT2D eigenvalue weighted by Crippen LogP contribution is -2.33. The Hall–Kier alpha value is -13.4. The molecule has 0 saturated heterocycles. The SMILES string of the molecule is CCc1ccc2c(n1)oc1c(-c3cc(CC(C)(C)C)c(C)c[n+]3C)c(C)ccc12.Cc1c[n+]2c(cc1CC(C)(C)C)-c1c(ccc3c1oc1nc(C(C)C)ccc13)C2.[2H]C([2H])([2H])c1c[n+](C)c(-c2c(C)ccc3c2oc2nc(C(C)C)ccc23)cc1C([2H])([2H])C(C)C.[2H]C([2H])([2H])c1c[n+](C)c(-c2c(C)ccc3c2oc2nc(C(C)C)ccc23)cc1C([2H])([2H])C([2H])(C)C([2H])([2H])[2H].[2H]C([2H])([2H])c1c[n+](C)c(-c2c(C)ccc3c2oc2nc(CC)ccc23)cc1C([2H])([2H])C([2H])(C)C([2H])([2H])[2H]. The van der Waals surface area contributed by atoms with E-state index < -0.39 is 71.1 Å². The normalized spacial score (nSPS) is 16.2. The number of hydrogen-bond acceptors (Lipinski definition) is 10. The van der Waals surface area contributed by atoms with E-state index >= 15 is 0 Å². The van der Waals surface area contributed by atoms with Crippen LogP contribution in [-0.2, 0) is 79.5 Å². The molecular weight excluding hydrogens is 1770 g/mol. The number of nitrogens with zero attached hydrogens (tertiary/aromatic N) is 10. The van der Waals surface area contributed by atoms with Gasteiger partial charge in [-0.25, -0.2) is 43.2 Å². The van der Waals surface area contributed by atoms with Gasteiger partial charge in [0.05, 0.1) is 27.8 Å². The van der Waals surface area contributed by atoms with Crippen molar-refractivity contribution in [3.8, 4) is 56.3 Å². The van der Waals surface area contributed by atoms with Gasteiger partial charge in [0.2, 0.25) is 57.0 Å².